The third-order valence-electron chi connectivity index (χ3n) is 7.62. The molecule has 5 rings (SSSR count). The Labute approximate surface area is 208 Å². The van der Waals surface area contributed by atoms with E-state index in [1.807, 2.05) is 18.2 Å². The highest BCUT2D eigenvalue weighted by Crippen LogP contribution is 2.33. The molecule has 3 aromatic rings. The van der Waals surface area contributed by atoms with Gasteiger partial charge in [-0.2, -0.15) is 0 Å². The minimum Gasteiger partial charge on any atom is -0.353 e. The van der Waals surface area contributed by atoms with Gasteiger partial charge in [-0.3, -0.25) is 4.79 Å². The summed E-state index contributed by atoms with van der Waals surface area (Å²) < 4.78 is 0. The Hall–Kier alpha value is -3.22. The van der Waals surface area contributed by atoms with E-state index in [9.17, 15) is 4.79 Å². The third-order valence-corrected chi connectivity index (χ3v) is 7.62. The number of hydrogen-bond donors (Lipinski definition) is 1. The lowest BCUT2D eigenvalue weighted by Gasteiger charge is -2.35. The summed E-state index contributed by atoms with van der Waals surface area (Å²) in [6.45, 7) is 7.87. The first-order valence-electron chi connectivity index (χ1n) is 13.1. The molecular formula is C28H36N6O. The first kappa shape index (κ1) is 23.5. The number of anilines is 3. The van der Waals surface area contributed by atoms with Crippen molar-refractivity contribution in [3.63, 3.8) is 0 Å². The molecule has 0 spiro atoms. The lowest BCUT2D eigenvalue weighted by Crippen LogP contribution is -2.47. The molecule has 1 N–H and O–H groups in total. The quantitative estimate of drug-likeness (QED) is 0.531. The van der Waals surface area contributed by atoms with Gasteiger partial charge >= 0.3 is 0 Å². The summed E-state index contributed by atoms with van der Waals surface area (Å²) in [7, 11) is 0. The number of amides is 1. The minimum atomic E-state index is 0.139. The Balaban J connectivity index is 1.23. The zero-order valence-corrected chi connectivity index (χ0v) is 20.9. The van der Waals surface area contributed by atoms with Crippen molar-refractivity contribution >= 4 is 34.3 Å². The fourth-order valence-corrected chi connectivity index (χ4v) is 5.57. The van der Waals surface area contributed by atoms with Gasteiger partial charge in [-0.15, -0.1) is 0 Å². The van der Waals surface area contributed by atoms with E-state index in [0.29, 0.717) is 0 Å². The monoisotopic (exact) mass is 472 g/mol. The van der Waals surface area contributed by atoms with Gasteiger partial charge in [-0.25, -0.2) is 15.0 Å². The van der Waals surface area contributed by atoms with Crippen LogP contribution in [0.3, 0.4) is 0 Å². The molecule has 0 unspecified atom stereocenters. The largest absolute Gasteiger partial charge is 0.353 e. The van der Waals surface area contributed by atoms with Gasteiger partial charge in [0, 0.05) is 55.6 Å². The molecule has 1 saturated heterocycles. The van der Waals surface area contributed by atoms with E-state index in [0.717, 1.165) is 73.3 Å². The van der Waals surface area contributed by atoms with E-state index in [4.69, 9.17) is 4.98 Å². The van der Waals surface area contributed by atoms with E-state index < -0.39 is 0 Å². The number of piperazine rings is 1. The van der Waals surface area contributed by atoms with Crippen molar-refractivity contribution < 1.29 is 4.79 Å². The molecule has 2 aliphatic rings. The van der Waals surface area contributed by atoms with Gasteiger partial charge in [-0.05, 0) is 74.4 Å². The first-order chi connectivity index (χ1) is 17.1. The van der Waals surface area contributed by atoms with E-state index in [-0.39, 0.29) is 11.8 Å². The molecule has 3 heterocycles. The van der Waals surface area contributed by atoms with Crippen LogP contribution in [0.2, 0.25) is 0 Å². The molecule has 2 fully saturated rings. The maximum absolute atomic E-state index is 12.9. The fraction of sp³-hybridized carbons (Fsp3) is 0.500. The van der Waals surface area contributed by atoms with Gasteiger partial charge in [0.05, 0.1) is 5.52 Å². The van der Waals surface area contributed by atoms with Crippen LogP contribution in [0.5, 0.6) is 0 Å². The molecule has 7 nitrogen and oxygen atoms in total. The first-order valence-corrected chi connectivity index (χ1v) is 13.1. The summed E-state index contributed by atoms with van der Waals surface area (Å²) in [5.74, 6) is 2.91. The second kappa shape index (κ2) is 10.6. The zero-order chi connectivity index (χ0) is 24.2. The number of fused-ring (bicyclic) bond motifs is 1. The Morgan fingerprint density at radius 1 is 1.00 bits per heavy atom. The van der Waals surface area contributed by atoms with Crippen molar-refractivity contribution in [3.05, 3.63) is 48.3 Å². The van der Waals surface area contributed by atoms with Gasteiger partial charge in [0.2, 0.25) is 11.9 Å². The Kier molecular flexibility index (Phi) is 7.11. The Bertz CT molecular complexity index is 1150. The topological polar surface area (TPSA) is 74.2 Å². The van der Waals surface area contributed by atoms with Crippen LogP contribution in [0.25, 0.3) is 10.9 Å². The summed E-state index contributed by atoms with van der Waals surface area (Å²) in [6.07, 6.45) is 10.5. The predicted molar refractivity (Wildman–Crippen MR) is 142 cm³/mol. The summed E-state index contributed by atoms with van der Waals surface area (Å²) in [6, 6.07) is 10.1. The van der Waals surface area contributed by atoms with E-state index in [1.165, 1.54) is 31.2 Å². The van der Waals surface area contributed by atoms with Gasteiger partial charge in [0.25, 0.3) is 0 Å². The summed E-state index contributed by atoms with van der Waals surface area (Å²) in [5.41, 5.74) is 3.01. The molecule has 35 heavy (non-hydrogen) atoms. The molecule has 0 radical (unpaired) electrons. The molecule has 1 saturated carbocycles. The average molecular weight is 473 g/mol. The Morgan fingerprint density at radius 3 is 2.43 bits per heavy atom. The molecule has 2 aromatic heterocycles. The van der Waals surface area contributed by atoms with Crippen molar-refractivity contribution in [1.82, 2.24) is 15.0 Å². The van der Waals surface area contributed by atoms with Crippen molar-refractivity contribution in [2.75, 3.05) is 41.3 Å². The number of carbonyl (C=O) groups is 1. The minimum absolute atomic E-state index is 0.139. The number of carbonyl (C=O) groups excluding carboxylic acids is 1. The van der Waals surface area contributed by atoms with Gasteiger partial charge in [-0.1, -0.05) is 19.8 Å². The summed E-state index contributed by atoms with van der Waals surface area (Å²) >= 11 is 0. The number of aryl methyl sites for hydroxylation is 1. The zero-order valence-electron chi connectivity index (χ0n) is 20.9. The highest BCUT2D eigenvalue weighted by molar-refractivity contribution is 5.96. The highest BCUT2D eigenvalue weighted by Gasteiger charge is 2.26. The number of pyridine rings is 1. The SMILES string of the molecule is CCCC1CCC(C(=O)Nc2ccc3nc(N4CCN(c5ncccn5)CC4)cc(C)c3c2)CC1. The number of hydrogen-bond acceptors (Lipinski definition) is 6. The average Bonchev–Trinajstić information content (AvgIpc) is 2.90. The number of nitrogens with one attached hydrogen (secondary N) is 1. The van der Waals surface area contributed by atoms with Gasteiger partial charge < -0.3 is 15.1 Å². The second-order valence-corrected chi connectivity index (χ2v) is 10.0. The van der Waals surface area contributed by atoms with Gasteiger partial charge in [0.1, 0.15) is 5.82 Å². The lowest BCUT2D eigenvalue weighted by atomic mass is 9.80. The van der Waals surface area contributed by atoms with E-state index >= 15 is 0 Å². The number of aromatic nitrogens is 3. The molecule has 184 valence electrons. The van der Waals surface area contributed by atoms with Crippen molar-refractivity contribution in [2.24, 2.45) is 11.8 Å². The molecule has 1 amide bonds. The standard InChI is InChI=1S/C28H36N6O/c1-3-5-21-6-8-22(9-7-21)27(35)31-23-10-11-25-24(19-23)20(2)18-26(32-25)33-14-16-34(17-15-33)28-29-12-4-13-30-28/h4,10-13,18-19,21-22H,3,5-9,14-17H2,1-2H3,(H,31,35). The molecule has 1 aliphatic heterocycles. The van der Waals surface area contributed by atoms with E-state index in [2.05, 4.69) is 51.1 Å². The normalized spacial score (nSPS) is 20.7. The molecule has 1 aromatic carbocycles. The van der Waals surface area contributed by atoms with Crippen LogP contribution >= 0.6 is 0 Å². The van der Waals surface area contributed by atoms with Crippen LogP contribution in [0.4, 0.5) is 17.5 Å². The number of nitrogens with zero attached hydrogens (tertiary/aromatic N) is 5. The van der Waals surface area contributed by atoms with Crippen LogP contribution in [-0.2, 0) is 4.79 Å². The van der Waals surface area contributed by atoms with Crippen molar-refractivity contribution in [1.29, 1.82) is 0 Å². The maximum Gasteiger partial charge on any atom is 0.227 e. The van der Waals surface area contributed by atoms with Crippen molar-refractivity contribution in [3.8, 4) is 0 Å². The van der Waals surface area contributed by atoms with Crippen LogP contribution in [0.15, 0.2) is 42.7 Å². The predicted octanol–water partition coefficient (Wildman–Crippen LogP) is 5.20. The summed E-state index contributed by atoms with van der Waals surface area (Å²) in [4.78, 5) is 31.2. The van der Waals surface area contributed by atoms with Crippen LogP contribution in [-0.4, -0.2) is 47.0 Å². The fourth-order valence-electron chi connectivity index (χ4n) is 5.57. The molecule has 0 bridgehead atoms. The maximum atomic E-state index is 12.9. The lowest BCUT2D eigenvalue weighted by molar-refractivity contribution is -0.121. The highest BCUT2D eigenvalue weighted by atomic mass is 16.1. The second-order valence-electron chi connectivity index (χ2n) is 10.0. The van der Waals surface area contributed by atoms with Crippen LogP contribution < -0.4 is 15.1 Å². The molecule has 7 heteroatoms. The summed E-state index contributed by atoms with van der Waals surface area (Å²) in [5, 5.41) is 4.27. The van der Waals surface area contributed by atoms with E-state index in [1.54, 1.807) is 12.4 Å². The number of benzene rings is 1. The number of rotatable bonds is 6. The van der Waals surface area contributed by atoms with Crippen molar-refractivity contribution in [2.45, 2.75) is 52.4 Å². The van der Waals surface area contributed by atoms with Crippen LogP contribution in [0.1, 0.15) is 51.0 Å². The molecule has 1 aliphatic carbocycles. The van der Waals surface area contributed by atoms with Crippen LogP contribution in [0, 0.1) is 18.8 Å². The smallest absolute Gasteiger partial charge is 0.227 e. The van der Waals surface area contributed by atoms with Gasteiger partial charge in [0.15, 0.2) is 0 Å². The Morgan fingerprint density at radius 2 is 1.71 bits per heavy atom. The molecular weight excluding hydrogens is 436 g/mol. The third kappa shape index (κ3) is 5.39. The molecule has 0 atom stereocenters.